The van der Waals surface area contributed by atoms with Gasteiger partial charge >= 0.3 is 5.97 Å². The number of hydrogen-bond acceptors (Lipinski definition) is 2. The van der Waals surface area contributed by atoms with Crippen LogP contribution in [0.2, 0.25) is 0 Å². The normalized spacial score (nSPS) is 18.0. The number of rotatable bonds is 4. The number of carbonyl (C=O) groups is 1. The lowest BCUT2D eigenvalue weighted by molar-refractivity contribution is -0.171. The Kier molecular flexibility index (Phi) is 4.17. The summed E-state index contributed by atoms with van der Waals surface area (Å²) >= 11 is 0. The van der Waals surface area contributed by atoms with Crippen LogP contribution < -0.4 is 0 Å². The largest absolute Gasteiger partial charge is 0.454 e. The van der Waals surface area contributed by atoms with Crippen molar-refractivity contribution < 1.29 is 13.9 Å². The number of ether oxygens (including phenoxy) is 1. The molecule has 0 bridgehead atoms. The molecule has 1 fully saturated rings. The second-order valence-corrected chi connectivity index (χ2v) is 6.34. The molecule has 3 heteroatoms. The first-order valence-corrected chi connectivity index (χ1v) is 7.39. The van der Waals surface area contributed by atoms with Gasteiger partial charge in [-0.05, 0) is 63.6 Å². The van der Waals surface area contributed by atoms with Crippen molar-refractivity contribution >= 4 is 5.97 Å². The Morgan fingerprint density at radius 3 is 2.55 bits per heavy atom. The number of benzene rings is 1. The quantitative estimate of drug-likeness (QED) is 0.754. The lowest BCUT2D eigenvalue weighted by Crippen LogP contribution is -2.36. The molecule has 0 aliphatic heterocycles. The predicted molar refractivity (Wildman–Crippen MR) is 76.7 cm³/mol. The SMILES string of the molecule is CCC(C)(C)C(=O)OC1(c2cccc(F)c2)CCCC1. The van der Waals surface area contributed by atoms with Crippen molar-refractivity contribution in [2.45, 2.75) is 58.5 Å². The van der Waals surface area contributed by atoms with Gasteiger partial charge in [0, 0.05) is 0 Å². The molecule has 110 valence electrons. The van der Waals surface area contributed by atoms with E-state index in [0.29, 0.717) is 0 Å². The van der Waals surface area contributed by atoms with Crippen LogP contribution in [0.3, 0.4) is 0 Å². The van der Waals surface area contributed by atoms with Crippen LogP contribution in [-0.4, -0.2) is 5.97 Å². The van der Waals surface area contributed by atoms with Gasteiger partial charge in [-0.1, -0.05) is 19.1 Å². The Balaban J connectivity index is 2.29. The van der Waals surface area contributed by atoms with Gasteiger partial charge in [-0.25, -0.2) is 4.39 Å². The van der Waals surface area contributed by atoms with Crippen LogP contribution >= 0.6 is 0 Å². The van der Waals surface area contributed by atoms with Gasteiger partial charge in [0.1, 0.15) is 11.4 Å². The smallest absolute Gasteiger partial charge is 0.312 e. The zero-order valence-corrected chi connectivity index (χ0v) is 12.5. The van der Waals surface area contributed by atoms with E-state index in [-0.39, 0.29) is 11.8 Å². The zero-order valence-electron chi connectivity index (χ0n) is 12.5. The molecule has 1 aromatic rings. The van der Waals surface area contributed by atoms with Crippen molar-refractivity contribution in [2.24, 2.45) is 5.41 Å². The fourth-order valence-electron chi connectivity index (χ4n) is 2.63. The Hall–Kier alpha value is -1.38. The highest BCUT2D eigenvalue weighted by atomic mass is 19.1. The summed E-state index contributed by atoms with van der Waals surface area (Å²) in [4.78, 5) is 12.4. The van der Waals surface area contributed by atoms with E-state index in [1.807, 2.05) is 26.8 Å². The third-order valence-corrected chi connectivity index (χ3v) is 4.49. The molecule has 1 saturated carbocycles. The first-order valence-electron chi connectivity index (χ1n) is 7.39. The van der Waals surface area contributed by atoms with Gasteiger partial charge in [0.15, 0.2) is 0 Å². The van der Waals surface area contributed by atoms with Crippen molar-refractivity contribution in [3.63, 3.8) is 0 Å². The maximum absolute atomic E-state index is 13.5. The molecule has 0 N–H and O–H groups in total. The summed E-state index contributed by atoms with van der Waals surface area (Å²) in [6.07, 6.45) is 4.31. The summed E-state index contributed by atoms with van der Waals surface area (Å²) in [5, 5.41) is 0. The highest BCUT2D eigenvalue weighted by Gasteiger charge is 2.42. The van der Waals surface area contributed by atoms with Crippen molar-refractivity contribution in [3.8, 4) is 0 Å². The van der Waals surface area contributed by atoms with E-state index in [4.69, 9.17) is 4.74 Å². The molecule has 0 aromatic heterocycles. The molecule has 1 aliphatic carbocycles. The van der Waals surface area contributed by atoms with Gasteiger partial charge in [0.2, 0.25) is 0 Å². The number of halogens is 1. The highest BCUT2D eigenvalue weighted by Crippen LogP contribution is 2.43. The van der Waals surface area contributed by atoms with Crippen molar-refractivity contribution in [1.82, 2.24) is 0 Å². The summed E-state index contributed by atoms with van der Waals surface area (Å²) in [6, 6.07) is 6.46. The molecule has 2 nitrogen and oxygen atoms in total. The van der Waals surface area contributed by atoms with Crippen LogP contribution in [-0.2, 0) is 15.1 Å². The van der Waals surface area contributed by atoms with Gasteiger partial charge in [0.05, 0.1) is 5.41 Å². The highest BCUT2D eigenvalue weighted by molar-refractivity contribution is 5.76. The molecular weight excluding hydrogens is 255 g/mol. The van der Waals surface area contributed by atoms with E-state index in [1.165, 1.54) is 12.1 Å². The number of carbonyl (C=O) groups excluding carboxylic acids is 1. The molecule has 2 rings (SSSR count). The van der Waals surface area contributed by atoms with Crippen LogP contribution in [0, 0.1) is 11.2 Å². The molecule has 1 aromatic carbocycles. The Bertz CT molecular complexity index is 488. The molecule has 0 unspecified atom stereocenters. The number of esters is 1. The second-order valence-electron chi connectivity index (χ2n) is 6.34. The summed E-state index contributed by atoms with van der Waals surface area (Å²) in [5.41, 5.74) is -0.343. The average molecular weight is 278 g/mol. The minimum absolute atomic E-state index is 0.189. The summed E-state index contributed by atoms with van der Waals surface area (Å²) in [5.74, 6) is -0.467. The first-order chi connectivity index (χ1) is 9.39. The third kappa shape index (κ3) is 2.87. The van der Waals surface area contributed by atoms with Crippen molar-refractivity contribution in [3.05, 3.63) is 35.6 Å². The van der Waals surface area contributed by atoms with Gasteiger partial charge in [-0.15, -0.1) is 0 Å². The Labute approximate surface area is 120 Å². The van der Waals surface area contributed by atoms with Crippen molar-refractivity contribution in [1.29, 1.82) is 0 Å². The van der Waals surface area contributed by atoms with Gasteiger partial charge in [-0.2, -0.15) is 0 Å². The summed E-state index contributed by atoms with van der Waals surface area (Å²) < 4.78 is 19.4. The molecule has 0 atom stereocenters. The van der Waals surface area contributed by atoms with Crippen LogP contribution in [0.1, 0.15) is 58.4 Å². The first kappa shape index (κ1) is 15.0. The van der Waals surface area contributed by atoms with E-state index in [9.17, 15) is 9.18 Å². The standard InChI is InChI=1S/C17H23FO2/c1-4-16(2,3)15(19)20-17(10-5-6-11-17)13-8-7-9-14(18)12-13/h7-9,12H,4-6,10-11H2,1-3H3. The maximum Gasteiger partial charge on any atom is 0.312 e. The minimum Gasteiger partial charge on any atom is -0.454 e. The molecule has 0 radical (unpaired) electrons. The third-order valence-electron chi connectivity index (χ3n) is 4.49. The van der Waals surface area contributed by atoms with E-state index < -0.39 is 11.0 Å². The molecule has 0 spiro atoms. The fourth-order valence-corrected chi connectivity index (χ4v) is 2.63. The van der Waals surface area contributed by atoms with Crippen LogP contribution in [0.5, 0.6) is 0 Å². The molecule has 0 heterocycles. The lowest BCUT2D eigenvalue weighted by Gasteiger charge is -2.33. The Morgan fingerprint density at radius 1 is 1.35 bits per heavy atom. The van der Waals surface area contributed by atoms with E-state index in [2.05, 4.69) is 0 Å². The van der Waals surface area contributed by atoms with Gasteiger partial charge in [0.25, 0.3) is 0 Å². The lowest BCUT2D eigenvalue weighted by atomic mass is 9.88. The second kappa shape index (κ2) is 5.55. The maximum atomic E-state index is 13.5. The van der Waals surface area contributed by atoms with Gasteiger partial charge in [-0.3, -0.25) is 4.79 Å². The fraction of sp³-hybridized carbons (Fsp3) is 0.588. The van der Waals surface area contributed by atoms with E-state index in [1.54, 1.807) is 6.07 Å². The Morgan fingerprint density at radius 2 is 2.00 bits per heavy atom. The molecule has 1 aliphatic rings. The predicted octanol–water partition coefficient (Wildman–Crippen LogP) is 4.57. The monoisotopic (exact) mass is 278 g/mol. The summed E-state index contributed by atoms with van der Waals surface area (Å²) in [6.45, 7) is 5.76. The van der Waals surface area contributed by atoms with Crippen LogP contribution in [0.25, 0.3) is 0 Å². The van der Waals surface area contributed by atoms with Crippen LogP contribution in [0.15, 0.2) is 24.3 Å². The summed E-state index contributed by atoms with van der Waals surface area (Å²) in [7, 11) is 0. The molecule has 20 heavy (non-hydrogen) atoms. The minimum atomic E-state index is -0.633. The molecule has 0 saturated heterocycles. The van der Waals surface area contributed by atoms with Gasteiger partial charge < -0.3 is 4.74 Å². The zero-order chi connectivity index (χ0) is 14.8. The molecular formula is C17H23FO2. The number of hydrogen-bond donors (Lipinski definition) is 0. The van der Waals surface area contributed by atoms with Crippen LogP contribution in [0.4, 0.5) is 4.39 Å². The topological polar surface area (TPSA) is 26.3 Å². The van der Waals surface area contributed by atoms with E-state index >= 15 is 0 Å². The van der Waals surface area contributed by atoms with E-state index in [0.717, 1.165) is 37.7 Å². The van der Waals surface area contributed by atoms with Crippen molar-refractivity contribution in [2.75, 3.05) is 0 Å². The average Bonchev–Trinajstić information content (AvgIpc) is 2.88. The molecule has 0 amide bonds.